The summed E-state index contributed by atoms with van der Waals surface area (Å²) in [6.07, 6.45) is 3.63. The van der Waals surface area contributed by atoms with Gasteiger partial charge in [0.25, 0.3) is 11.8 Å². The summed E-state index contributed by atoms with van der Waals surface area (Å²) in [6.45, 7) is 2.15. The van der Waals surface area contributed by atoms with Crippen LogP contribution < -0.4 is 26.0 Å². The summed E-state index contributed by atoms with van der Waals surface area (Å²) in [7, 11) is 1.78. The predicted molar refractivity (Wildman–Crippen MR) is 126 cm³/mol. The van der Waals surface area contributed by atoms with Gasteiger partial charge in [-0.1, -0.05) is 5.16 Å². The van der Waals surface area contributed by atoms with Crippen LogP contribution in [0, 0.1) is 0 Å². The molecular formula is C20H22N8O5S2. The van der Waals surface area contributed by atoms with Crippen LogP contribution >= 0.6 is 23.3 Å². The Morgan fingerprint density at radius 3 is 2.91 bits per heavy atom. The highest BCUT2D eigenvalue weighted by atomic mass is 32.2. The number of carbonyl (C=O) groups is 3. The number of nitrogens with two attached hydrogens (primary N) is 1. The van der Waals surface area contributed by atoms with Crippen molar-refractivity contribution in [2.75, 3.05) is 30.5 Å². The van der Waals surface area contributed by atoms with Crippen molar-refractivity contribution in [1.29, 1.82) is 0 Å². The standard InChI is InChI=1S/C20H22N8O5S2/c1-3-33-25-12(15-24-20(21)35-26-15)16(29)23-13-17(30)28-14(19(31)32)10(9-34-18(13)28)7-27-6-4-5-11(8-27)22-2/h4-6,8,13,18,22H,3,7,9H2,1-2H3,(H3-,21,23,24,26,29,31,32)/t13?,18-/m1/s1. The average molecular weight is 519 g/mol. The Kier molecular flexibility index (Phi) is 7.16. The van der Waals surface area contributed by atoms with E-state index < -0.39 is 29.2 Å². The molecule has 0 radical (unpaired) electrons. The molecule has 2 aromatic rings. The summed E-state index contributed by atoms with van der Waals surface area (Å²) in [5.41, 5.74) is 6.58. The molecule has 1 unspecified atom stereocenters. The predicted octanol–water partition coefficient (Wildman–Crippen LogP) is -1.71. The van der Waals surface area contributed by atoms with Crippen LogP contribution in [0.5, 0.6) is 0 Å². The first kappa shape index (κ1) is 24.4. The Labute approximate surface area is 208 Å². The normalized spacial score (nSPS) is 19.7. The van der Waals surface area contributed by atoms with E-state index in [4.69, 9.17) is 10.6 Å². The highest BCUT2D eigenvalue weighted by molar-refractivity contribution is 8.00. The zero-order valence-electron chi connectivity index (χ0n) is 18.8. The summed E-state index contributed by atoms with van der Waals surface area (Å²) >= 11 is 2.23. The first-order valence-corrected chi connectivity index (χ1v) is 12.3. The van der Waals surface area contributed by atoms with Gasteiger partial charge in [0.05, 0.1) is 17.4 Å². The van der Waals surface area contributed by atoms with Gasteiger partial charge in [0.15, 0.2) is 24.1 Å². The number of nitrogens with one attached hydrogen (secondary N) is 2. The molecule has 0 spiro atoms. The number of pyridine rings is 1. The molecule has 15 heteroatoms. The van der Waals surface area contributed by atoms with Gasteiger partial charge in [0.2, 0.25) is 11.5 Å². The molecule has 4 heterocycles. The maximum atomic E-state index is 13.0. The number of carboxylic acid groups (broad SMARTS) is 1. The lowest BCUT2D eigenvalue weighted by atomic mass is 10.0. The molecule has 35 heavy (non-hydrogen) atoms. The minimum absolute atomic E-state index is 0.0307. The Morgan fingerprint density at radius 2 is 2.26 bits per heavy atom. The molecular weight excluding hydrogens is 496 g/mol. The van der Waals surface area contributed by atoms with Crippen molar-refractivity contribution in [1.82, 2.24) is 19.6 Å². The fraction of sp³-hybridized carbons (Fsp3) is 0.350. The van der Waals surface area contributed by atoms with Crippen molar-refractivity contribution in [3.63, 3.8) is 0 Å². The van der Waals surface area contributed by atoms with Crippen LogP contribution in [0.25, 0.3) is 0 Å². The topological polar surface area (TPSA) is 179 Å². The SMILES string of the molecule is CCON=C(C(=O)NC1C(=O)N2C(C(=O)[O-])=C(C[n+]3cccc(NC)c3)CS[C@H]12)c1nsc(N)n1. The molecule has 0 aliphatic carbocycles. The molecule has 1 fully saturated rings. The van der Waals surface area contributed by atoms with E-state index >= 15 is 0 Å². The molecule has 4 rings (SSSR count). The highest BCUT2D eigenvalue weighted by Gasteiger charge is 2.53. The molecule has 4 N–H and O–H groups in total. The Bertz CT molecular complexity index is 1230. The van der Waals surface area contributed by atoms with E-state index in [0.29, 0.717) is 11.3 Å². The number of carboxylic acids is 1. The van der Waals surface area contributed by atoms with Gasteiger partial charge in [-0.25, -0.2) is 0 Å². The van der Waals surface area contributed by atoms with E-state index in [2.05, 4.69) is 25.1 Å². The largest absolute Gasteiger partial charge is 0.543 e. The van der Waals surface area contributed by atoms with Crippen LogP contribution in [0.3, 0.4) is 0 Å². The Morgan fingerprint density at radius 1 is 1.46 bits per heavy atom. The number of aromatic nitrogens is 3. The third kappa shape index (κ3) is 4.90. The molecule has 184 valence electrons. The lowest BCUT2D eigenvalue weighted by Gasteiger charge is -2.50. The molecule has 2 atom stereocenters. The van der Waals surface area contributed by atoms with E-state index in [1.165, 1.54) is 11.8 Å². The van der Waals surface area contributed by atoms with Crippen LogP contribution in [-0.2, 0) is 25.8 Å². The van der Waals surface area contributed by atoms with Gasteiger partial charge in [0, 0.05) is 36.0 Å². The first-order chi connectivity index (χ1) is 16.8. The van der Waals surface area contributed by atoms with Gasteiger partial charge in [-0.3, -0.25) is 14.5 Å². The van der Waals surface area contributed by atoms with Gasteiger partial charge in [-0.2, -0.15) is 13.9 Å². The first-order valence-electron chi connectivity index (χ1n) is 10.5. The molecule has 2 aromatic heterocycles. The number of anilines is 2. The van der Waals surface area contributed by atoms with Crippen LogP contribution in [0.15, 0.2) is 41.0 Å². The van der Waals surface area contributed by atoms with E-state index in [9.17, 15) is 19.5 Å². The number of β-lactam (4-membered cyclic amide) rings is 1. The number of oxime groups is 1. The molecule has 0 saturated carbocycles. The third-order valence-corrected chi connectivity index (χ3v) is 7.08. The molecule has 2 amide bonds. The zero-order chi connectivity index (χ0) is 25.1. The number of nitrogens with zero attached hydrogens (tertiary/aromatic N) is 5. The van der Waals surface area contributed by atoms with E-state index in [1.807, 2.05) is 22.9 Å². The number of hydrogen-bond acceptors (Lipinski definition) is 12. The molecule has 0 aromatic carbocycles. The van der Waals surface area contributed by atoms with E-state index in [-0.39, 0.29) is 35.5 Å². The van der Waals surface area contributed by atoms with Crippen molar-refractivity contribution in [2.24, 2.45) is 5.16 Å². The summed E-state index contributed by atoms with van der Waals surface area (Å²) in [5, 5.41) is 20.9. The minimum Gasteiger partial charge on any atom is -0.543 e. The fourth-order valence-corrected chi connectivity index (χ4v) is 5.41. The van der Waals surface area contributed by atoms with Gasteiger partial charge < -0.3 is 31.1 Å². The van der Waals surface area contributed by atoms with Crippen molar-refractivity contribution in [3.8, 4) is 0 Å². The summed E-state index contributed by atoms with van der Waals surface area (Å²) in [5.74, 6) is -2.45. The van der Waals surface area contributed by atoms with Gasteiger partial charge in [0.1, 0.15) is 18.0 Å². The Balaban J connectivity index is 1.53. The lowest BCUT2D eigenvalue weighted by molar-refractivity contribution is -0.688. The molecule has 2 aliphatic heterocycles. The minimum atomic E-state index is -1.45. The zero-order valence-corrected chi connectivity index (χ0v) is 20.4. The number of carbonyl (C=O) groups excluding carboxylic acids is 3. The molecule has 2 aliphatic rings. The van der Waals surface area contributed by atoms with Crippen molar-refractivity contribution in [2.45, 2.75) is 24.9 Å². The van der Waals surface area contributed by atoms with Crippen LogP contribution in [0.1, 0.15) is 12.7 Å². The van der Waals surface area contributed by atoms with Gasteiger partial charge in [-0.15, -0.1) is 11.8 Å². The number of fused-ring (bicyclic) bond motifs is 1. The molecule has 13 nitrogen and oxygen atoms in total. The number of nitrogen functional groups attached to an aromatic ring is 1. The summed E-state index contributed by atoms with van der Waals surface area (Å²) in [6, 6.07) is 2.74. The van der Waals surface area contributed by atoms with Crippen LogP contribution in [0.2, 0.25) is 0 Å². The number of hydrogen-bond donors (Lipinski definition) is 3. The maximum absolute atomic E-state index is 13.0. The van der Waals surface area contributed by atoms with E-state index in [1.54, 1.807) is 20.2 Å². The lowest BCUT2D eigenvalue weighted by Crippen LogP contribution is -2.71. The van der Waals surface area contributed by atoms with Crippen LogP contribution in [-0.4, -0.2) is 68.6 Å². The molecule has 1 saturated heterocycles. The second-order valence-electron chi connectivity index (χ2n) is 7.43. The summed E-state index contributed by atoms with van der Waals surface area (Å²) < 4.78 is 5.79. The quantitative estimate of drug-likeness (QED) is 0.150. The van der Waals surface area contributed by atoms with Crippen molar-refractivity contribution in [3.05, 3.63) is 41.6 Å². The highest BCUT2D eigenvalue weighted by Crippen LogP contribution is 2.40. The number of aliphatic carboxylic acids is 1. The van der Waals surface area contributed by atoms with Crippen molar-refractivity contribution >= 4 is 57.6 Å². The van der Waals surface area contributed by atoms with Crippen molar-refractivity contribution < 1.29 is 28.9 Å². The number of amides is 2. The second kappa shape index (κ2) is 10.3. The monoisotopic (exact) mass is 518 g/mol. The fourth-order valence-electron chi connectivity index (χ4n) is 3.64. The number of thioether (sulfide) groups is 1. The van der Waals surface area contributed by atoms with Gasteiger partial charge >= 0.3 is 0 Å². The Hall–Kier alpha value is -3.72. The van der Waals surface area contributed by atoms with Gasteiger partial charge in [-0.05, 0) is 13.0 Å². The maximum Gasteiger partial charge on any atom is 0.278 e. The second-order valence-corrected chi connectivity index (χ2v) is 9.32. The number of rotatable bonds is 9. The average Bonchev–Trinajstić information content (AvgIpc) is 3.28. The smallest absolute Gasteiger partial charge is 0.278 e. The van der Waals surface area contributed by atoms with E-state index in [0.717, 1.165) is 22.1 Å². The summed E-state index contributed by atoms with van der Waals surface area (Å²) in [4.78, 5) is 48.0. The molecule has 0 bridgehead atoms. The third-order valence-electron chi connectivity index (χ3n) is 5.20. The van der Waals surface area contributed by atoms with Crippen LogP contribution in [0.4, 0.5) is 10.8 Å².